The van der Waals surface area contributed by atoms with E-state index >= 15 is 0 Å². The van der Waals surface area contributed by atoms with Crippen LogP contribution in [0.1, 0.15) is 16.8 Å². The lowest BCUT2D eigenvalue weighted by Crippen LogP contribution is -2.24. The number of hydrogen-bond donors (Lipinski definition) is 2. The molecule has 1 fully saturated rings. The molecule has 1 atom stereocenters. The van der Waals surface area contributed by atoms with Crippen molar-refractivity contribution in [3.63, 3.8) is 0 Å². The van der Waals surface area contributed by atoms with Crippen molar-refractivity contribution in [2.75, 3.05) is 29.9 Å². The van der Waals surface area contributed by atoms with Crippen LogP contribution in [0.25, 0.3) is 11.1 Å². The molecule has 172 valence electrons. The second-order valence-corrected chi connectivity index (χ2v) is 7.70. The number of carbonyl (C=O) groups excluding carboxylic acids is 1. The third-order valence-corrected chi connectivity index (χ3v) is 5.37. The fourth-order valence-corrected chi connectivity index (χ4v) is 3.73. The number of anilines is 2. The quantitative estimate of drug-likeness (QED) is 0.580. The third-order valence-electron chi connectivity index (χ3n) is 5.37. The summed E-state index contributed by atoms with van der Waals surface area (Å²) in [4.78, 5) is 23.7. The summed E-state index contributed by atoms with van der Waals surface area (Å²) in [6.07, 6.45) is 1.06. The Morgan fingerprint density at radius 2 is 2.00 bits per heavy atom. The lowest BCUT2D eigenvalue weighted by atomic mass is 10.1. The largest absolute Gasteiger partial charge is 0.573 e. The van der Waals surface area contributed by atoms with Gasteiger partial charge in [-0.05, 0) is 55.3 Å². The summed E-state index contributed by atoms with van der Waals surface area (Å²) in [7, 11) is 0. The zero-order valence-electron chi connectivity index (χ0n) is 17.5. The highest BCUT2D eigenvalue weighted by atomic mass is 19.4. The molecule has 1 saturated heterocycles. The smallest absolute Gasteiger partial charge is 0.406 e. The fraction of sp³-hybridized carbons (Fsp3) is 0.261. The summed E-state index contributed by atoms with van der Waals surface area (Å²) in [5, 5.41) is 2.67. The topological polar surface area (TPSA) is 93.4 Å². The van der Waals surface area contributed by atoms with Crippen LogP contribution in [-0.2, 0) is 0 Å². The Hall–Kier alpha value is -3.66. The number of rotatable bonds is 6. The van der Waals surface area contributed by atoms with Crippen molar-refractivity contribution in [1.82, 2.24) is 9.97 Å². The monoisotopic (exact) mass is 457 g/mol. The lowest BCUT2D eigenvalue weighted by molar-refractivity contribution is -0.274. The maximum Gasteiger partial charge on any atom is 0.573 e. The van der Waals surface area contributed by atoms with Crippen molar-refractivity contribution >= 4 is 17.4 Å². The fourth-order valence-electron chi connectivity index (χ4n) is 3.73. The van der Waals surface area contributed by atoms with Crippen LogP contribution < -0.4 is 20.7 Å². The molecule has 0 radical (unpaired) electrons. The molecule has 7 nitrogen and oxygen atoms in total. The van der Waals surface area contributed by atoms with E-state index in [9.17, 15) is 18.0 Å². The molecule has 1 aromatic carbocycles. The molecule has 2 aromatic heterocycles. The molecule has 0 spiro atoms. The van der Waals surface area contributed by atoms with Gasteiger partial charge < -0.3 is 20.7 Å². The molecule has 33 heavy (non-hydrogen) atoms. The molecule has 0 aliphatic carbocycles. The van der Waals surface area contributed by atoms with Gasteiger partial charge in [-0.3, -0.25) is 9.78 Å². The van der Waals surface area contributed by atoms with Gasteiger partial charge in [0.15, 0.2) is 0 Å². The van der Waals surface area contributed by atoms with Crippen LogP contribution in [0.5, 0.6) is 5.75 Å². The van der Waals surface area contributed by atoms with Gasteiger partial charge in [-0.2, -0.15) is 0 Å². The lowest BCUT2D eigenvalue weighted by Gasteiger charge is -2.21. The van der Waals surface area contributed by atoms with E-state index in [1.807, 2.05) is 12.1 Å². The number of benzene rings is 1. The van der Waals surface area contributed by atoms with Crippen LogP contribution in [0.15, 0.2) is 61.1 Å². The number of aromatic nitrogens is 2. The zero-order valence-corrected chi connectivity index (χ0v) is 17.5. The minimum absolute atomic E-state index is 0.308. The molecule has 1 aliphatic rings. The summed E-state index contributed by atoms with van der Waals surface area (Å²) in [5.41, 5.74) is 8.05. The maximum atomic E-state index is 12.8. The summed E-state index contributed by atoms with van der Waals surface area (Å²) in [5.74, 6) is 0.335. The van der Waals surface area contributed by atoms with E-state index in [2.05, 4.69) is 24.9 Å². The van der Waals surface area contributed by atoms with Crippen LogP contribution >= 0.6 is 0 Å². The second kappa shape index (κ2) is 9.45. The van der Waals surface area contributed by atoms with Gasteiger partial charge in [-0.15, -0.1) is 13.2 Å². The molecule has 3 N–H and O–H groups in total. The van der Waals surface area contributed by atoms with E-state index in [1.54, 1.807) is 18.5 Å². The Morgan fingerprint density at radius 3 is 2.64 bits per heavy atom. The predicted molar refractivity (Wildman–Crippen MR) is 118 cm³/mol. The first-order valence-corrected chi connectivity index (χ1v) is 10.3. The van der Waals surface area contributed by atoms with E-state index < -0.39 is 12.3 Å². The summed E-state index contributed by atoms with van der Waals surface area (Å²) in [6, 6.07) is 10.4. The molecule has 0 saturated carbocycles. The van der Waals surface area contributed by atoms with Crippen molar-refractivity contribution in [2.24, 2.45) is 11.7 Å². The number of ether oxygens (including phenoxy) is 1. The van der Waals surface area contributed by atoms with E-state index in [0.29, 0.717) is 23.7 Å². The first-order valence-electron chi connectivity index (χ1n) is 10.3. The van der Waals surface area contributed by atoms with Gasteiger partial charge in [-0.25, -0.2) is 4.98 Å². The Morgan fingerprint density at radius 1 is 1.21 bits per heavy atom. The Labute approximate surface area is 188 Å². The van der Waals surface area contributed by atoms with Crippen LogP contribution in [-0.4, -0.2) is 41.9 Å². The van der Waals surface area contributed by atoms with Gasteiger partial charge in [0.1, 0.15) is 11.6 Å². The average Bonchev–Trinajstić information content (AvgIpc) is 3.29. The number of pyridine rings is 2. The van der Waals surface area contributed by atoms with Crippen molar-refractivity contribution < 1.29 is 22.7 Å². The first-order chi connectivity index (χ1) is 15.8. The highest BCUT2D eigenvalue weighted by Crippen LogP contribution is 2.33. The predicted octanol–water partition coefficient (Wildman–Crippen LogP) is 4.08. The number of nitrogens with one attached hydrogen (secondary N) is 1. The van der Waals surface area contributed by atoms with E-state index in [-0.39, 0.29) is 5.75 Å². The Bertz CT molecular complexity index is 1110. The van der Waals surface area contributed by atoms with Gasteiger partial charge in [0.05, 0.1) is 5.56 Å². The van der Waals surface area contributed by atoms with Crippen LogP contribution in [0.3, 0.4) is 0 Å². The van der Waals surface area contributed by atoms with E-state index in [1.165, 1.54) is 18.3 Å². The van der Waals surface area contributed by atoms with Gasteiger partial charge in [0, 0.05) is 48.5 Å². The minimum Gasteiger partial charge on any atom is -0.406 e. The number of nitrogens with two attached hydrogens (primary N) is 1. The third kappa shape index (κ3) is 5.58. The molecular weight excluding hydrogens is 435 g/mol. The Balaban J connectivity index is 1.57. The highest BCUT2D eigenvalue weighted by molar-refractivity contribution is 6.05. The molecule has 1 unspecified atom stereocenters. The van der Waals surface area contributed by atoms with Crippen LogP contribution in [0, 0.1) is 5.92 Å². The summed E-state index contributed by atoms with van der Waals surface area (Å²) in [6.45, 7) is 2.21. The number of nitrogens with zero attached hydrogens (tertiary/aromatic N) is 3. The molecule has 3 heterocycles. The molecular formula is C23H22F3N5O2. The maximum absolute atomic E-state index is 12.8. The number of hydrogen-bond acceptors (Lipinski definition) is 6. The number of carbonyl (C=O) groups is 1. The van der Waals surface area contributed by atoms with Gasteiger partial charge in [0.2, 0.25) is 0 Å². The molecule has 0 bridgehead atoms. The first kappa shape index (κ1) is 22.5. The molecule has 10 heteroatoms. The van der Waals surface area contributed by atoms with Gasteiger partial charge in [0.25, 0.3) is 5.91 Å². The highest BCUT2D eigenvalue weighted by Gasteiger charge is 2.31. The standard InChI is InChI=1S/C23H22F3N5O2/c24-23(25,26)33-19-5-3-18(4-6-19)30-22(32)17-10-20(16-2-1-8-28-12-16)21(29-13-17)31-9-7-15(11-27)14-31/h1-6,8,10,12-13,15H,7,9,11,14,27H2,(H,30,32). The molecule has 3 aromatic rings. The normalized spacial score (nSPS) is 16.0. The average molecular weight is 457 g/mol. The van der Waals surface area contributed by atoms with E-state index in [4.69, 9.17) is 5.73 Å². The second-order valence-electron chi connectivity index (χ2n) is 7.70. The van der Waals surface area contributed by atoms with Crippen molar-refractivity contribution in [3.05, 3.63) is 66.6 Å². The Kier molecular flexibility index (Phi) is 6.45. The van der Waals surface area contributed by atoms with Crippen molar-refractivity contribution in [3.8, 4) is 16.9 Å². The van der Waals surface area contributed by atoms with Crippen molar-refractivity contribution in [2.45, 2.75) is 12.8 Å². The number of alkyl halides is 3. The minimum atomic E-state index is -4.78. The zero-order chi connectivity index (χ0) is 23.4. The molecule has 1 aliphatic heterocycles. The summed E-state index contributed by atoms with van der Waals surface area (Å²) < 4.78 is 40.8. The molecule has 1 amide bonds. The van der Waals surface area contributed by atoms with Gasteiger partial charge in [-0.1, -0.05) is 6.07 Å². The SMILES string of the molecule is NCC1CCN(c2ncc(C(=O)Nc3ccc(OC(F)(F)F)cc3)cc2-c2cccnc2)C1. The van der Waals surface area contributed by atoms with Crippen LogP contribution in [0.4, 0.5) is 24.7 Å². The van der Waals surface area contributed by atoms with Crippen molar-refractivity contribution in [1.29, 1.82) is 0 Å². The summed E-state index contributed by atoms with van der Waals surface area (Å²) >= 11 is 0. The number of amides is 1. The molecule has 4 rings (SSSR count). The number of halogens is 3. The van der Waals surface area contributed by atoms with E-state index in [0.717, 1.165) is 48.6 Å². The van der Waals surface area contributed by atoms with Gasteiger partial charge >= 0.3 is 6.36 Å². The van der Waals surface area contributed by atoms with Crippen LogP contribution in [0.2, 0.25) is 0 Å².